The van der Waals surface area contributed by atoms with Crippen LogP contribution in [0.1, 0.15) is 30.5 Å². The molecule has 0 saturated heterocycles. The fourth-order valence-corrected chi connectivity index (χ4v) is 3.67. The maximum Gasteiger partial charge on any atom is 0.221 e. The van der Waals surface area contributed by atoms with Crippen LogP contribution in [0.25, 0.3) is 0 Å². The molecule has 0 heterocycles. The Morgan fingerprint density at radius 2 is 1.84 bits per heavy atom. The molecule has 0 aromatic heterocycles. The summed E-state index contributed by atoms with van der Waals surface area (Å²) >= 11 is 0. The van der Waals surface area contributed by atoms with Crippen molar-refractivity contribution in [2.75, 3.05) is 18.1 Å². The Morgan fingerprint density at radius 1 is 1.10 bits per heavy atom. The number of anilines is 1. The van der Waals surface area contributed by atoms with Gasteiger partial charge in [0, 0.05) is 32.0 Å². The summed E-state index contributed by atoms with van der Waals surface area (Å²) in [6, 6.07) is 11.4. The van der Waals surface area contributed by atoms with Gasteiger partial charge in [-0.15, -0.1) is 24.0 Å². The average molecular weight is 562 g/mol. The van der Waals surface area contributed by atoms with Crippen LogP contribution in [-0.2, 0) is 33.5 Å². The summed E-state index contributed by atoms with van der Waals surface area (Å²) < 4.78 is 37.0. The number of aliphatic imine (C=N–C) groups is 1. The van der Waals surface area contributed by atoms with Crippen molar-refractivity contribution in [3.8, 4) is 0 Å². The van der Waals surface area contributed by atoms with Crippen LogP contribution in [0.5, 0.6) is 0 Å². The minimum atomic E-state index is -3.25. The first-order valence-electron chi connectivity index (χ1n) is 9.50. The van der Waals surface area contributed by atoms with Crippen molar-refractivity contribution in [3.63, 3.8) is 0 Å². The quantitative estimate of drug-likeness (QED) is 0.261. The van der Waals surface area contributed by atoms with Crippen molar-refractivity contribution in [2.24, 2.45) is 4.99 Å². The van der Waals surface area contributed by atoms with Crippen molar-refractivity contribution in [1.82, 2.24) is 10.6 Å². The van der Waals surface area contributed by atoms with E-state index in [1.807, 2.05) is 25.1 Å². The second kappa shape index (κ2) is 12.6. The molecule has 2 aromatic carbocycles. The number of sulfone groups is 1. The van der Waals surface area contributed by atoms with Gasteiger partial charge in [-0.1, -0.05) is 18.2 Å². The molecule has 10 heteroatoms. The number of benzene rings is 2. The van der Waals surface area contributed by atoms with E-state index in [9.17, 15) is 17.6 Å². The third kappa shape index (κ3) is 10.1. The van der Waals surface area contributed by atoms with Gasteiger partial charge in [0.15, 0.2) is 15.8 Å². The molecule has 2 aromatic rings. The van der Waals surface area contributed by atoms with E-state index in [1.165, 1.54) is 25.1 Å². The van der Waals surface area contributed by atoms with Crippen molar-refractivity contribution in [2.45, 2.75) is 32.7 Å². The highest BCUT2D eigenvalue weighted by Crippen LogP contribution is 2.15. The number of nitrogens with zero attached hydrogens (tertiary/aromatic N) is 1. The third-order valence-electron chi connectivity index (χ3n) is 4.04. The van der Waals surface area contributed by atoms with Crippen LogP contribution in [0.15, 0.2) is 47.5 Å². The molecular formula is C21H28FIN4O3S. The lowest BCUT2D eigenvalue weighted by molar-refractivity contribution is -0.114. The Kier molecular flexibility index (Phi) is 10.9. The molecule has 0 aliphatic carbocycles. The summed E-state index contributed by atoms with van der Waals surface area (Å²) in [7, 11) is -3.25. The molecule has 0 saturated carbocycles. The predicted octanol–water partition coefficient (Wildman–Crippen LogP) is 3.20. The highest BCUT2D eigenvalue weighted by atomic mass is 127. The van der Waals surface area contributed by atoms with E-state index in [0.717, 1.165) is 11.8 Å². The standard InChI is InChI=1S/C21H27FN4O3S.HI/c1-4-23-21(24-12-16-6-5-7-20(10-16)26-15(2)27)25-13-18-11-19(22)9-8-17(18)14-30(3,28)29;/h5-11H,4,12-14H2,1-3H3,(H,26,27)(H2,23,24,25);1H. The van der Waals surface area contributed by atoms with Gasteiger partial charge in [0.1, 0.15) is 5.82 Å². The highest BCUT2D eigenvalue weighted by molar-refractivity contribution is 14.0. The molecular weight excluding hydrogens is 534 g/mol. The zero-order chi connectivity index (χ0) is 22.1. The first-order chi connectivity index (χ1) is 14.2. The fraction of sp³-hybridized carbons (Fsp3) is 0.333. The minimum absolute atomic E-state index is 0. The van der Waals surface area contributed by atoms with Crippen molar-refractivity contribution < 1.29 is 17.6 Å². The van der Waals surface area contributed by atoms with Crippen LogP contribution < -0.4 is 16.0 Å². The molecule has 0 spiro atoms. The van der Waals surface area contributed by atoms with Gasteiger partial charge in [-0.05, 0) is 47.9 Å². The Labute approximate surface area is 199 Å². The van der Waals surface area contributed by atoms with Crippen LogP contribution in [0, 0.1) is 5.82 Å². The first kappa shape index (κ1) is 26.8. The monoisotopic (exact) mass is 562 g/mol. The minimum Gasteiger partial charge on any atom is -0.357 e. The third-order valence-corrected chi connectivity index (χ3v) is 4.88. The van der Waals surface area contributed by atoms with E-state index in [2.05, 4.69) is 20.9 Å². The Balaban J connectivity index is 0.00000480. The Morgan fingerprint density at radius 3 is 2.48 bits per heavy atom. The van der Waals surface area contributed by atoms with E-state index < -0.39 is 15.7 Å². The van der Waals surface area contributed by atoms with Gasteiger partial charge in [-0.3, -0.25) is 4.79 Å². The number of guanidine groups is 1. The average Bonchev–Trinajstić information content (AvgIpc) is 2.64. The van der Waals surface area contributed by atoms with Crippen molar-refractivity contribution >= 4 is 51.4 Å². The summed E-state index contributed by atoms with van der Waals surface area (Å²) in [5.74, 6) is -0.225. The maximum atomic E-state index is 13.7. The molecule has 0 unspecified atom stereocenters. The number of rotatable bonds is 8. The molecule has 31 heavy (non-hydrogen) atoms. The molecule has 0 radical (unpaired) electrons. The first-order valence-corrected chi connectivity index (χ1v) is 11.6. The van der Waals surface area contributed by atoms with Gasteiger partial charge in [0.05, 0.1) is 12.3 Å². The van der Waals surface area contributed by atoms with Gasteiger partial charge in [-0.2, -0.15) is 0 Å². The van der Waals surface area contributed by atoms with Crippen molar-refractivity contribution in [3.05, 3.63) is 65.0 Å². The van der Waals surface area contributed by atoms with Crippen LogP contribution in [0.3, 0.4) is 0 Å². The van der Waals surface area contributed by atoms with Gasteiger partial charge in [0.2, 0.25) is 5.91 Å². The van der Waals surface area contributed by atoms with Crippen LogP contribution in [-0.4, -0.2) is 33.1 Å². The SMILES string of the molecule is CCNC(=NCc1cccc(NC(C)=O)c1)NCc1cc(F)ccc1CS(C)(=O)=O.I. The number of hydrogen-bond acceptors (Lipinski definition) is 4. The second-order valence-electron chi connectivity index (χ2n) is 6.91. The van der Waals surface area contributed by atoms with E-state index in [-0.39, 0.29) is 42.2 Å². The van der Waals surface area contributed by atoms with Gasteiger partial charge < -0.3 is 16.0 Å². The lowest BCUT2D eigenvalue weighted by Crippen LogP contribution is -2.37. The smallest absolute Gasteiger partial charge is 0.221 e. The molecule has 0 bridgehead atoms. The fourth-order valence-electron chi connectivity index (χ4n) is 2.82. The Bertz CT molecular complexity index is 1030. The number of nitrogens with one attached hydrogen (secondary N) is 3. The topological polar surface area (TPSA) is 99.7 Å². The number of amides is 1. The van der Waals surface area contributed by atoms with Crippen LogP contribution >= 0.6 is 24.0 Å². The van der Waals surface area contributed by atoms with Crippen molar-refractivity contribution in [1.29, 1.82) is 0 Å². The lowest BCUT2D eigenvalue weighted by atomic mass is 10.1. The van der Waals surface area contributed by atoms with E-state index in [4.69, 9.17) is 0 Å². The van der Waals surface area contributed by atoms with E-state index in [1.54, 1.807) is 6.07 Å². The van der Waals surface area contributed by atoms with Crippen LogP contribution in [0.2, 0.25) is 0 Å². The molecule has 0 fully saturated rings. The number of halogens is 2. The number of carbonyl (C=O) groups is 1. The number of hydrogen-bond donors (Lipinski definition) is 3. The molecule has 7 nitrogen and oxygen atoms in total. The molecule has 170 valence electrons. The van der Waals surface area contributed by atoms with E-state index >= 15 is 0 Å². The van der Waals surface area contributed by atoms with Crippen LogP contribution in [0.4, 0.5) is 10.1 Å². The summed E-state index contributed by atoms with van der Waals surface area (Å²) in [4.78, 5) is 15.7. The zero-order valence-electron chi connectivity index (χ0n) is 17.7. The highest BCUT2D eigenvalue weighted by Gasteiger charge is 2.11. The van der Waals surface area contributed by atoms with Gasteiger partial charge in [0.25, 0.3) is 0 Å². The molecule has 2 rings (SSSR count). The molecule has 0 aliphatic heterocycles. The van der Waals surface area contributed by atoms with Gasteiger partial charge in [-0.25, -0.2) is 17.8 Å². The predicted molar refractivity (Wildman–Crippen MR) is 133 cm³/mol. The number of carbonyl (C=O) groups excluding carboxylic acids is 1. The van der Waals surface area contributed by atoms with E-state index in [0.29, 0.717) is 35.9 Å². The molecule has 1 amide bonds. The second-order valence-corrected chi connectivity index (χ2v) is 9.05. The summed E-state index contributed by atoms with van der Waals surface area (Å²) in [6.45, 7) is 4.58. The summed E-state index contributed by atoms with van der Waals surface area (Å²) in [5, 5.41) is 8.96. The Hall–Kier alpha value is -2.21. The normalized spacial score (nSPS) is 11.4. The lowest BCUT2D eigenvalue weighted by Gasteiger charge is -2.14. The maximum absolute atomic E-state index is 13.7. The molecule has 0 aliphatic rings. The zero-order valence-corrected chi connectivity index (χ0v) is 20.9. The largest absolute Gasteiger partial charge is 0.357 e. The summed E-state index contributed by atoms with van der Waals surface area (Å²) in [6.07, 6.45) is 1.15. The molecule has 0 atom stereocenters. The molecule has 3 N–H and O–H groups in total. The summed E-state index contributed by atoms with van der Waals surface area (Å²) in [5.41, 5.74) is 2.70. The van der Waals surface area contributed by atoms with Gasteiger partial charge >= 0.3 is 0 Å².